The second-order valence-corrected chi connectivity index (χ2v) is 10.9. The number of hydrogen-bond donors (Lipinski definition) is 0. The molecule has 1 aromatic carbocycles. The fourth-order valence-corrected chi connectivity index (χ4v) is 6.50. The number of carbonyl (C=O) groups excluding carboxylic acids is 4. The Morgan fingerprint density at radius 2 is 1.89 bits per heavy atom. The Labute approximate surface area is 212 Å². The molecule has 196 valence electrons. The van der Waals surface area contributed by atoms with Crippen LogP contribution >= 0.6 is 0 Å². The molecule has 2 amide bonds. The van der Waals surface area contributed by atoms with Crippen LogP contribution in [0.15, 0.2) is 24.3 Å². The van der Waals surface area contributed by atoms with Gasteiger partial charge < -0.3 is 28.8 Å². The Hall–Kier alpha value is -3.10. The third-order valence-corrected chi connectivity index (χ3v) is 7.71. The van der Waals surface area contributed by atoms with Crippen LogP contribution in [0.4, 0.5) is 4.79 Å². The fourth-order valence-electron chi connectivity index (χ4n) is 6.50. The van der Waals surface area contributed by atoms with Gasteiger partial charge in [-0.1, -0.05) is 12.1 Å². The first kappa shape index (κ1) is 26.0. The molecule has 4 bridgehead atoms. The predicted molar refractivity (Wildman–Crippen MR) is 130 cm³/mol. The molecule has 4 rings (SSSR count). The maximum Gasteiger partial charge on any atom is 0.410 e. The minimum Gasteiger partial charge on any atom is -0.497 e. The van der Waals surface area contributed by atoms with Gasteiger partial charge in [0.25, 0.3) is 0 Å². The van der Waals surface area contributed by atoms with Crippen molar-refractivity contribution in [2.75, 3.05) is 20.3 Å². The molecule has 0 unspecified atom stereocenters. The van der Waals surface area contributed by atoms with E-state index in [4.69, 9.17) is 14.2 Å². The molecule has 0 N–H and O–H groups in total. The molecule has 9 nitrogen and oxygen atoms in total. The van der Waals surface area contributed by atoms with Gasteiger partial charge in [0.2, 0.25) is 5.91 Å². The third-order valence-electron chi connectivity index (χ3n) is 7.71. The Bertz CT molecular complexity index is 1020. The summed E-state index contributed by atoms with van der Waals surface area (Å²) < 4.78 is 16.3. The smallest absolute Gasteiger partial charge is 0.410 e. The Morgan fingerprint density at radius 3 is 2.47 bits per heavy atom. The highest BCUT2D eigenvalue weighted by atomic mass is 16.6. The van der Waals surface area contributed by atoms with Crippen LogP contribution in [0.2, 0.25) is 0 Å². The third kappa shape index (κ3) is 4.44. The molecule has 0 spiro atoms. The number of nitrogens with zero attached hydrogens (tertiary/aromatic N) is 2. The van der Waals surface area contributed by atoms with Crippen molar-refractivity contribution in [3.63, 3.8) is 0 Å². The van der Waals surface area contributed by atoms with Gasteiger partial charge in [-0.15, -0.1) is 0 Å². The lowest BCUT2D eigenvalue weighted by Gasteiger charge is -2.58. The summed E-state index contributed by atoms with van der Waals surface area (Å²) in [6, 6.07) is 6.72. The molecule has 36 heavy (non-hydrogen) atoms. The molecule has 9 heteroatoms. The van der Waals surface area contributed by atoms with Gasteiger partial charge in [0, 0.05) is 24.9 Å². The maximum absolute atomic E-state index is 13.9. The summed E-state index contributed by atoms with van der Waals surface area (Å²) in [5.41, 5.74) is -0.929. The SMILES string of the molecule is CCOC(=O)C[C@]12[C@@H]3CCN(C(=O)OC(C)(C)C)[C@H]1[C@H](C=O)C[C@@H]3C(=O)N2Cc1ccc(OC)cc1. The van der Waals surface area contributed by atoms with Gasteiger partial charge in [-0.2, -0.15) is 0 Å². The molecule has 2 heterocycles. The van der Waals surface area contributed by atoms with Crippen molar-refractivity contribution in [1.29, 1.82) is 0 Å². The average molecular weight is 501 g/mol. The molecule has 1 saturated carbocycles. The molecule has 3 fully saturated rings. The zero-order chi connectivity index (χ0) is 26.3. The Morgan fingerprint density at radius 1 is 1.19 bits per heavy atom. The summed E-state index contributed by atoms with van der Waals surface area (Å²) in [6.45, 7) is 7.90. The highest BCUT2D eigenvalue weighted by molar-refractivity contribution is 5.88. The van der Waals surface area contributed by atoms with Crippen LogP contribution in [0.3, 0.4) is 0 Å². The highest BCUT2D eigenvalue weighted by Crippen LogP contribution is 2.58. The molecule has 1 aromatic rings. The number of benzene rings is 1. The van der Waals surface area contributed by atoms with E-state index in [0.717, 1.165) is 11.8 Å². The van der Waals surface area contributed by atoms with Crippen molar-refractivity contribution < 1.29 is 33.4 Å². The van der Waals surface area contributed by atoms with Gasteiger partial charge in [0.15, 0.2) is 0 Å². The maximum atomic E-state index is 13.9. The van der Waals surface area contributed by atoms with E-state index in [-0.39, 0.29) is 37.3 Å². The number of amides is 2. The molecule has 2 saturated heterocycles. The normalized spacial score (nSPS) is 29.1. The van der Waals surface area contributed by atoms with Crippen molar-refractivity contribution in [2.24, 2.45) is 17.8 Å². The standard InChI is InChI=1S/C27H36N2O7/c1-6-35-22(31)14-27-21-11-12-28(25(33)36-26(2,3)4)23(27)18(16-30)13-20(21)24(32)29(27)15-17-7-9-19(34-5)10-8-17/h7-10,16,18,20-21,23H,6,11-15H2,1-5H3/t18-,20-,21+,23-,27-/m0/s1. The highest BCUT2D eigenvalue weighted by Gasteiger charge is 2.70. The number of methoxy groups -OCH3 is 1. The van der Waals surface area contributed by atoms with Gasteiger partial charge >= 0.3 is 12.1 Å². The lowest BCUT2D eigenvalue weighted by Crippen LogP contribution is -2.71. The van der Waals surface area contributed by atoms with Gasteiger partial charge in [-0.25, -0.2) is 4.79 Å². The van der Waals surface area contributed by atoms with E-state index in [1.54, 1.807) is 44.6 Å². The number of esters is 1. The summed E-state index contributed by atoms with van der Waals surface area (Å²) in [5, 5.41) is 0. The monoisotopic (exact) mass is 500 g/mol. The first-order valence-electron chi connectivity index (χ1n) is 12.6. The summed E-state index contributed by atoms with van der Waals surface area (Å²) >= 11 is 0. The average Bonchev–Trinajstić information content (AvgIpc) is 2.96. The van der Waals surface area contributed by atoms with Gasteiger partial charge in [0.05, 0.1) is 31.7 Å². The minimum atomic E-state index is -1.06. The molecule has 0 aromatic heterocycles. The van der Waals surface area contributed by atoms with Crippen LogP contribution in [0.25, 0.3) is 0 Å². The summed E-state index contributed by atoms with van der Waals surface area (Å²) in [7, 11) is 1.59. The predicted octanol–water partition coefficient (Wildman–Crippen LogP) is 3.19. The van der Waals surface area contributed by atoms with Crippen LogP contribution < -0.4 is 4.74 Å². The van der Waals surface area contributed by atoms with Gasteiger partial charge in [-0.3, -0.25) is 9.59 Å². The molecule has 1 aliphatic carbocycles. The Kier molecular flexibility index (Phi) is 7.03. The topological polar surface area (TPSA) is 102 Å². The zero-order valence-corrected chi connectivity index (χ0v) is 21.7. The van der Waals surface area contributed by atoms with E-state index < -0.39 is 35.2 Å². The molecule has 0 radical (unpaired) electrons. The van der Waals surface area contributed by atoms with E-state index in [2.05, 4.69) is 0 Å². The largest absolute Gasteiger partial charge is 0.497 e. The van der Waals surface area contributed by atoms with Gasteiger partial charge in [-0.05, 0) is 64.2 Å². The summed E-state index contributed by atoms with van der Waals surface area (Å²) in [6.07, 6.45) is 1.10. The lowest BCUT2D eigenvalue weighted by atomic mass is 9.58. The van der Waals surface area contributed by atoms with E-state index >= 15 is 0 Å². The first-order valence-corrected chi connectivity index (χ1v) is 12.6. The number of rotatable bonds is 7. The van der Waals surface area contributed by atoms with Crippen molar-refractivity contribution in [3.05, 3.63) is 29.8 Å². The van der Waals surface area contributed by atoms with Crippen molar-refractivity contribution in [1.82, 2.24) is 9.80 Å². The van der Waals surface area contributed by atoms with E-state index in [1.807, 2.05) is 24.3 Å². The number of piperidine rings is 1. The van der Waals surface area contributed by atoms with Crippen LogP contribution in [-0.4, -0.2) is 71.5 Å². The number of likely N-dealkylation sites (tertiary alicyclic amines) is 2. The number of aldehydes is 1. The summed E-state index contributed by atoms with van der Waals surface area (Å²) in [5.74, 6) is -0.991. The number of carbonyl (C=O) groups is 4. The second kappa shape index (κ2) is 9.75. The minimum absolute atomic E-state index is 0.0829. The van der Waals surface area contributed by atoms with E-state index in [0.29, 0.717) is 25.1 Å². The van der Waals surface area contributed by atoms with Crippen LogP contribution in [-0.2, 0) is 30.4 Å². The van der Waals surface area contributed by atoms with Crippen LogP contribution in [0.5, 0.6) is 5.75 Å². The fraction of sp³-hybridized carbons (Fsp3) is 0.630. The molecule has 2 aliphatic heterocycles. The van der Waals surface area contributed by atoms with Crippen molar-refractivity contribution in [2.45, 2.75) is 70.7 Å². The molecule has 5 atom stereocenters. The second-order valence-electron chi connectivity index (χ2n) is 10.9. The van der Waals surface area contributed by atoms with E-state index in [9.17, 15) is 19.2 Å². The van der Waals surface area contributed by atoms with Crippen LogP contribution in [0, 0.1) is 17.8 Å². The lowest BCUT2D eigenvalue weighted by molar-refractivity contribution is -0.157. The number of hydrogen-bond acceptors (Lipinski definition) is 7. The zero-order valence-electron chi connectivity index (χ0n) is 21.7. The van der Waals surface area contributed by atoms with Crippen LogP contribution in [0.1, 0.15) is 52.5 Å². The van der Waals surface area contributed by atoms with Gasteiger partial charge in [0.1, 0.15) is 17.6 Å². The molecule has 3 aliphatic rings. The summed E-state index contributed by atoms with van der Waals surface area (Å²) in [4.78, 5) is 56.0. The number of ether oxygens (including phenoxy) is 3. The first-order chi connectivity index (χ1) is 17.1. The van der Waals surface area contributed by atoms with E-state index in [1.165, 1.54) is 0 Å². The quantitative estimate of drug-likeness (QED) is 0.418. The molecular formula is C27H36N2O7. The van der Waals surface area contributed by atoms with Crippen molar-refractivity contribution >= 4 is 24.3 Å². The molecular weight excluding hydrogens is 464 g/mol. The van der Waals surface area contributed by atoms with Crippen molar-refractivity contribution in [3.8, 4) is 5.75 Å². The Balaban J connectivity index is 1.81.